The Balaban J connectivity index is 0. The minimum Gasteiger partial charge on any atom is -0.147 e. The molecular weight excluding hydrogens is 108 g/mol. The lowest BCUT2D eigenvalue weighted by atomic mass is 10.3. The summed E-state index contributed by atoms with van der Waals surface area (Å²) in [5, 5.41) is 0. The van der Waals surface area contributed by atoms with Gasteiger partial charge in [-0.3, -0.25) is 0 Å². The van der Waals surface area contributed by atoms with Crippen LogP contribution in [-0.4, -0.2) is 0 Å². The van der Waals surface area contributed by atoms with Crippen LogP contribution in [0.1, 0.15) is 26.7 Å². The van der Waals surface area contributed by atoms with Crippen LogP contribution in [0, 0.1) is 11.8 Å². The second-order valence-corrected chi connectivity index (χ2v) is 1.18. The molecule has 0 aromatic rings. The average molecular weight is 119 g/mol. The van der Waals surface area contributed by atoms with E-state index < -0.39 is 0 Å². The highest BCUT2D eigenvalue weighted by molar-refractivity contribution is 5.85. The van der Waals surface area contributed by atoms with Gasteiger partial charge < -0.3 is 0 Å². The van der Waals surface area contributed by atoms with Gasteiger partial charge in [0, 0.05) is 6.42 Å². The van der Waals surface area contributed by atoms with E-state index in [1.165, 1.54) is 6.42 Å². The summed E-state index contributed by atoms with van der Waals surface area (Å²) >= 11 is 0. The molecule has 0 spiro atoms. The molecule has 0 saturated carbocycles. The van der Waals surface area contributed by atoms with Crippen molar-refractivity contribution in [2.45, 2.75) is 26.7 Å². The lowest BCUT2D eigenvalue weighted by molar-refractivity contribution is 0.983. The highest BCUT2D eigenvalue weighted by Crippen LogP contribution is 1.79. The van der Waals surface area contributed by atoms with Crippen LogP contribution in [0.25, 0.3) is 0 Å². The molecule has 0 aromatic heterocycles. The first-order valence-electron chi connectivity index (χ1n) is 2.31. The molecule has 0 atom stereocenters. The van der Waals surface area contributed by atoms with E-state index in [4.69, 9.17) is 0 Å². The lowest BCUT2D eigenvalue weighted by Crippen LogP contribution is -1.56. The molecule has 0 aliphatic heterocycles. The van der Waals surface area contributed by atoms with E-state index in [2.05, 4.69) is 18.8 Å². The zero-order chi connectivity index (χ0) is 4.83. The molecule has 0 unspecified atom stereocenters. The molecule has 0 aliphatic rings. The van der Waals surface area contributed by atoms with Gasteiger partial charge in [-0.05, 0) is 13.3 Å². The Bertz CT molecular complexity index is 66.0. The Morgan fingerprint density at radius 3 is 2.14 bits per heavy atom. The van der Waals surface area contributed by atoms with Crippen molar-refractivity contribution in [2.75, 3.05) is 0 Å². The summed E-state index contributed by atoms with van der Waals surface area (Å²) in [6.07, 6.45) is 2.23. The smallest absolute Gasteiger partial charge is 0.00859 e. The normalized spacial score (nSPS) is 5.43. The van der Waals surface area contributed by atoms with E-state index in [-0.39, 0.29) is 12.4 Å². The van der Waals surface area contributed by atoms with Crippen LogP contribution in [0.4, 0.5) is 0 Å². The Hall–Kier alpha value is -0.150. The molecule has 0 bridgehead atoms. The van der Waals surface area contributed by atoms with Crippen molar-refractivity contribution < 1.29 is 0 Å². The SMILES string of the molecule is CC#CCCC.Cl. The van der Waals surface area contributed by atoms with E-state index in [0.717, 1.165) is 6.42 Å². The largest absolute Gasteiger partial charge is 0.147 e. The summed E-state index contributed by atoms with van der Waals surface area (Å²) in [6, 6.07) is 0. The van der Waals surface area contributed by atoms with Gasteiger partial charge >= 0.3 is 0 Å². The second-order valence-electron chi connectivity index (χ2n) is 1.18. The van der Waals surface area contributed by atoms with Crippen molar-refractivity contribution >= 4 is 12.4 Å². The minimum atomic E-state index is 0. The maximum Gasteiger partial charge on any atom is 0.00859 e. The van der Waals surface area contributed by atoms with Crippen molar-refractivity contribution in [2.24, 2.45) is 0 Å². The topological polar surface area (TPSA) is 0 Å². The van der Waals surface area contributed by atoms with E-state index in [1.807, 2.05) is 6.92 Å². The van der Waals surface area contributed by atoms with Crippen molar-refractivity contribution in [3.05, 3.63) is 0 Å². The standard InChI is InChI=1S/C6H10.ClH/c1-3-5-6-4-2;/h3,5H2,1-2H3;1H. The van der Waals surface area contributed by atoms with Crippen LogP contribution >= 0.6 is 12.4 Å². The molecule has 0 amide bonds. The molecule has 0 nitrogen and oxygen atoms in total. The summed E-state index contributed by atoms with van der Waals surface area (Å²) in [7, 11) is 0. The Morgan fingerprint density at radius 2 is 2.00 bits per heavy atom. The van der Waals surface area contributed by atoms with Crippen molar-refractivity contribution in [3.63, 3.8) is 0 Å². The van der Waals surface area contributed by atoms with Gasteiger partial charge in [-0.25, -0.2) is 0 Å². The van der Waals surface area contributed by atoms with Gasteiger partial charge in [0.15, 0.2) is 0 Å². The number of hydrogen-bond acceptors (Lipinski definition) is 0. The van der Waals surface area contributed by atoms with E-state index in [0.29, 0.717) is 0 Å². The molecule has 0 heterocycles. The van der Waals surface area contributed by atoms with Crippen LogP contribution in [0.5, 0.6) is 0 Å². The molecule has 7 heavy (non-hydrogen) atoms. The maximum absolute atomic E-state index is 2.95. The fraction of sp³-hybridized carbons (Fsp3) is 0.667. The average Bonchev–Trinajstić information content (AvgIpc) is 1.61. The van der Waals surface area contributed by atoms with Crippen LogP contribution in [0.15, 0.2) is 0 Å². The van der Waals surface area contributed by atoms with E-state index >= 15 is 0 Å². The van der Waals surface area contributed by atoms with Crippen LogP contribution in [-0.2, 0) is 0 Å². The van der Waals surface area contributed by atoms with Crippen molar-refractivity contribution in [1.29, 1.82) is 0 Å². The van der Waals surface area contributed by atoms with Crippen LogP contribution < -0.4 is 0 Å². The third-order valence-electron chi connectivity index (χ3n) is 0.552. The fourth-order valence-corrected chi connectivity index (χ4v) is 0.250. The number of unbranched alkanes of at least 4 members (excludes halogenated alkanes) is 1. The molecule has 1 heteroatoms. The Labute approximate surface area is 51.7 Å². The number of halogens is 1. The van der Waals surface area contributed by atoms with Gasteiger partial charge in [0.05, 0.1) is 0 Å². The summed E-state index contributed by atoms with van der Waals surface area (Å²) in [5.41, 5.74) is 0. The fourth-order valence-electron chi connectivity index (χ4n) is 0.250. The van der Waals surface area contributed by atoms with E-state index in [1.54, 1.807) is 0 Å². The summed E-state index contributed by atoms with van der Waals surface area (Å²) < 4.78 is 0. The second kappa shape index (κ2) is 9.28. The van der Waals surface area contributed by atoms with Gasteiger partial charge in [-0.15, -0.1) is 24.2 Å². The highest BCUT2D eigenvalue weighted by atomic mass is 35.5. The van der Waals surface area contributed by atoms with Gasteiger partial charge in [-0.1, -0.05) is 6.92 Å². The predicted octanol–water partition coefficient (Wildman–Crippen LogP) is 2.23. The molecule has 0 fully saturated rings. The lowest BCUT2D eigenvalue weighted by Gasteiger charge is -1.71. The first kappa shape index (κ1) is 9.97. The number of hydrogen-bond donors (Lipinski definition) is 0. The molecule has 0 N–H and O–H groups in total. The predicted molar refractivity (Wildman–Crippen MR) is 35.6 cm³/mol. The van der Waals surface area contributed by atoms with Gasteiger partial charge in [0.1, 0.15) is 0 Å². The van der Waals surface area contributed by atoms with Crippen molar-refractivity contribution in [3.8, 4) is 11.8 Å². The molecule has 0 radical (unpaired) electrons. The summed E-state index contributed by atoms with van der Waals surface area (Å²) in [6.45, 7) is 4.00. The third-order valence-corrected chi connectivity index (χ3v) is 0.552. The first-order chi connectivity index (χ1) is 2.91. The molecule has 0 saturated heterocycles. The van der Waals surface area contributed by atoms with Gasteiger partial charge in [0.25, 0.3) is 0 Å². The third kappa shape index (κ3) is 10.7. The quantitative estimate of drug-likeness (QED) is 0.464. The molecule has 0 aliphatic carbocycles. The maximum atomic E-state index is 2.95. The van der Waals surface area contributed by atoms with Gasteiger partial charge in [-0.2, -0.15) is 0 Å². The summed E-state index contributed by atoms with van der Waals surface area (Å²) in [4.78, 5) is 0. The first-order valence-corrected chi connectivity index (χ1v) is 2.31. The van der Waals surface area contributed by atoms with Crippen LogP contribution in [0.2, 0.25) is 0 Å². The molecule has 42 valence electrons. The highest BCUT2D eigenvalue weighted by Gasteiger charge is 1.63. The van der Waals surface area contributed by atoms with Crippen molar-refractivity contribution in [1.82, 2.24) is 0 Å². The van der Waals surface area contributed by atoms with E-state index in [9.17, 15) is 0 Å². The Kier molecular flexibility index (Phi) is 13.2. The zero-order valence-corrected chi connectivity index (χ0v) is 5.64. The number of rotatable bonds is 1. The van der Waals surface area contributed by atoms with Gasteiger partial charge in [0.2, 0.25) is 0 Å². The Morgan fingerprint density at radius 1 is 1.43 bits per heavy atom. The zero-order valence-electron chi connectivity index (χ0n) is 4.82. The molecule has 0 rings (SSSR count). The molecule has 0 aromatic carbocycles. The summed E-state index contributed by atoms with van der Waals surface area (Å²) in [5.74, 6) is 5.77. The monoisotopic (exact) mass is 118 g/mol. The molecular formula is C6H11Cl. The minimum absolute atomic E-state index is 0. The van der Waals surface area contributed by atoms with Crippen LogP contribution in [0.3, 0.4) is 0 Å².